The molecule has 0 unspecified atom stereocenters. The van der Waals surface area contributed by atoms with Gasteiger partial charge in [-0.15, -0.1) is 0 Å². The normalized spacial score (nSPS) is 15.5. The number of hydrogen-bond acceptors (Lipinski definition) is 4. The number of rotatable bonds is 4. The molecule has 3 amide bonds. The summed E-state index contributed by atoms with van der Waals surface area (Å²) in [6.45, 7) is 1.48. The molecule has 1 saturated heterocycles. The second-order valence-corrected chi connectivity index (χ2v) is 7.67. The van der Waals surface area contributed by atoms with Crippen LogP contribution in [0.15, 0.2) is 47.4 Å². The molecule has 0 saturated carbocycles. The number of nitrogens with zero attached hydrogens (tertiary/aromatic N) is 1. The van der Waals surface area contributed by atoms with Gasteiger partial charge in [-0.05, 0) is 60.2 Å². The van der Waals surface area contributed by atoms with Gasteiger partial charge in [0.05, 0.1) is 4.91 Å². The van der Waals surface area contributed by atoms with Crippen LogP contribution in [0.25, 0.3) is 6.08 Å². The summed E-state index contributed by atoms with van der Waals surface area (Å²) in [7, 11) is 0. The summed E-state index contributed by atoms with van der Waals surface area (Å²) in [4.78, 5) is 38.0. The lowest BCUT2D eigenvalue weighted by Gasteiger charge is -2.13. The van der Waals surface area contributed by atoms with Crippen molar-refractivity contribution in [2.24, 2.45) is 0 Å². The first kappa shape index (κ1) is 19.5. The van der Waals surface area contributed by atoms with Gasteiger partial charge in [-0.25, -0.2) is 0 Å². The van der Waals surface area contributed by atoms with E-state index in [-0.39, 0.29) is 11.4 Å². The van der Waals surface area contributed by atoms with Crippen LogP contribution in [0.2, 0.25) is 10.0 Å². The Labute approximate surface area is 170 Å². The molecule has 27 heavy (non-hydrogen) atoms. The Morgan fingerprint density at radius 2 is 1.85 bits per heavy atom. The maximum absolute atomic E-state index is 12.5. The highest BCUT2D eigenvalue weighted by Crippen LogP contribution is 2.32. The van der Waals surface area contributed by atoms with Crippen molar-refractivity contribution in [3.63, 3.8) is 0 Å². The number of anilines is 1. The zero-order valence-corrected chi connectivity index (χ0v) is 16.5. The molecule has 2 aromatic carbocycles. The minimum atomic E-state index is -0.503. The zero-order chi connectivity index (χ0) is 19.6. The average molecular weight is 421 g/mol. The predicted molar refractivity (Wildman–Crippen MR) is 109 cm³/mol. The molecule has 0 atom stereocenters. The zero-order valence-electron chi connectivity index (χ0n) is 14.2. The molecular weight excluding hydrogens is 407 g/mol. The third-order valence-corrected chi connectivity index (χ3v) is 5.37. The second kappa shape index (κ2) is 8.17. The maximum Gasteiger partial charge on any atom is 0.294 e. The number of nitrogens with one attached hydrogen (secondary N) is 1. The van der Waals surface area contributed by atoms with Crippen molar-refractivity contribution in [1.29, 1.82) is 0 Å². The van der Waals surface area contributed by atoms with Gasteiger partial charge in [-0.1, -0.05) is 41.4 Å². The van der Waals surface area contributed by atoms with E-state index in [1.54, 1.807) is 48.5 Å². The lowest BCUT2D eigenvalue weighted by molar-refractivity contribution is -0.127. The van der Waals surface area contributed by atoms with E-state index >= 15 is 0 Å². The smallest absolute Gasteiger partial charge is 0.294 e. The van der Waals surface area contributed by atoms with E-state index in [1.807, 2.05) is 6.92 Å². The van der Waals surface area contributed by atoms with E-state index in [1.165, 1.54) is 0 Å². The molecule has 1 N–H and O–H groups in total. The van der Waals surface area contributed by atoms with Gasteiger partial charge in [-0.2, -0.15) is 0 Å². The summed E-state index contributed by atoms with van der Waals surface area (Å²) in [6.07, 6.45) is 1.60. The van der Waals surface area contributed by atoms with E-state index in [0.717, 1.165) is 27.8 Å². The van der Waals surface area contributed by atoms with Crippen LogP contribution in [0.1, 0.15) is 11.1 Å². The minimum Gasteiger partial charge on any atom is -0.324 e. The highest BCUT2D eigenvalue weighted by Gasteiger charge is 2.36. The van der Waals surface area contributed by atoms with Crippen LogP contribution < -0.4 is 5.32 Å². The number of benzene rings is 2. The van der Waals surface area contributed by atoms with Gasteiger partial charge in [0.1, 0.15) is 6.54 Å². The molecule has 138 valence electrons. The number of halogens is 2. The minimum absolute atomic E-state index is 0.258. The standard InChI is InChI=1S/C19H14Cl2N2O3S/c1-11-2-7-14(9-15(11)21)22-17(24)10-23-18(25)16(27-19(23)26)8-12-3-5-13(20)6-4-12/h2-9H,10H2,1H3,(H,22,24)/b16-8+. The highest BCUT2D eigenvalue weighted by atomic mass is 35.5. The fourth-order valence-corrected chi connectivity index (χ4v) is 3.51. The number of carbonyl (C=O) groups is 3. The number of amides is 3. The number of carbonyl (C=O) groups excluding carboxylic acids is 3. The summed E-state index contributed by atoms with van der Waals surface area (Å²) in [6, 6.07) is 12.0. The molecule has 1 aliphatic heterocycles. The lowest BCUT2D eigenvalue weighted by atomic mass is 10.2. The average Bonchev–Trinajstić information content (AvgIpc) is 2.87. The fraction of sp³-hybridized carbons (Fsp3) is 0.105. The highest BCUT2D eigenvalue weighted by molar-refractivity contribution is 8.18. The molecule has 3 rings (SSSR count). The van der Waals surface area contributed by atoms with Gasteiger partial charge >= 0.3 is 0 Å². The van der Waals surface area contributed by atoms with Crippen LogP contribution in [-0.2, 0) is 9.59 Å². The molecule has 0 radical (unpaired) electrons. The molecule has 5 nitrogen and oxygen atoms in total. The Balaban J connectivity index is 1.68. The second-order valence-electron chi connectivity index (χ2n) is 5.83. The fourth-order valence-electron chi connectivity index (χ4n) is 2.36. The van der Waals surface area contributed by atoms with Gasteiger partial charge in [-0.3, -0.25) is 19.3 Å². The molecule has 8 heteroatoms. The Hall–Kier alpha value is -2.28. The van der Waals surface area contributed by atoms with E-state index in [0.29, 0.717) is 15.7 Å². The number of aryl methyl sites for hydroxylation is 1. The summed E-state index contributed by atoms with van der Waals surface area (Å²) in [5.74, 6) is -0.984. The van der Waals surface area contributed by atoms with Crippen LogP contribution in [0, 0.1) is 6.92 Å². The Bertz CT molecular complexity index is 958. The van der Waals surface area contributed by atoms with E-state index in [9.17, 15) is 14.4 Å². The van der Waals surface area contributed by atoms with Gasteiger partial charge < -0.3 is 5.32 Å². The summed E-state index contributed by atoms with van der Waals surface area (Å²) in [5.41, 5.74) is 2.12. The van der Waals surface area contributed by atoms with Gasteiger partial charge in [0.2, 0.25) is 5.91 Å². The molecule has 1 aliphatic rings. The molecule has 1 heterocycles. The van der Waals surface area contributed by atoms with Gasteiger partial charge in [0.25, 0.3) is 11.1 Å². The molecular formula is C19H14Cl2N2O3S. The van der Waals surface area contributed by atoms with E-state index in [4.69, 9.17) is 23.2 Å². The lowest BCUT2D eigenvalue weighted by Crippen LogP contribution is -2.36. The third kappa shape index (κ3) is 4.71. The number of imide groups is 1. The molecule has 1 fully saturated rings. The maximum atomic E-state index is 12.5. The largest absolute Gasteiger partial charge is 0.324 e. The SMILES string of the molecule is Cc1ccc(NC(=O)CN2C(=O)S/C(=C/c3ccc(Cl)cc3)C2=O)cc1Cl. The van der Waals surface area contributed by atoms with Crippen molar-refractivity contribution in [3.05, 3.63) is 68.5 Å². The van der Waals surface area contributed by atoms with Crippen molar-refractivity contribution in [3.8, 4) is 0 Å². The van der Waals surface area contributed by atoms with Crippen LogP contribution in [-0.4, -0.2) is 28.5 Å². The van der Waals surface area contributed by atoms with Crippen molar-refractivity contribution in [2.45, 2.75) is 6.92 Å². The van der Waals surface area contributed by atoms with Crippen molar-refractivity contribution >= 4 is 63.8 Å². The first-order valence-electron chi connectivity index (χ1n) is 7.90. The van der Waals surface area contributed by atoms with Crippen molar-refractivity contribution in [2.75, 3.05) is 11.9 Å². The molecule has 0 aromatic heterocycles. The molecule has 0 spiro atoms. The first-order valence-corrected chi connectivity index (χ1v) is 9.47. The Morgan fingerprint density at radius 1 is 1.15 bits per heavy atom. The van der Waals surface area contributed by atoms with Crippen LogP contribution >= 0.6 is 35.0 Å². The van der Waals surface area contributed by atoms with Crippen molar-refractivity contribution < 1.29 is 14.4 Å². The van der Waals surface area contributed by atoms with E-state index < -0.39 is 17.1 Å². The molecule has 0 bridgehead atoms. The summed E-state index contributed by atoms with van der Waals surface area (Å²) >= 11 is 12.7. The molecule has 0 aliphatic carbocycles. The van der Waals surface area contributed by atoms with Gasteiger partial charge in [0.15, 0.2) is 0 Å². The first-order chi connectivity index (χ1) is 12.8. The monoisotopic (exact) mass is 420 g/mol. The topological polar surface area (TPSA) is 66.5 Å². The van der Waals surface area contributed by atoms with Crippen LogP contribution in [0.4, 0.5) is 10.5 Å². The Kier molecular flexibility index (Phi) is 5.89. The molecule has 2 aromatic rings. The quantitative estimate of drug-likeness (QED) is 0.708. The van der Waals surface area contributed by atoms with Gasteiger partial charge in [0, 0.05) is 15.7 Å². The van der Waals surface area contributed by atoms with Crippen LogP contribution in [0.3, 0.4) is 0 Å². The van der Waals surface area contributed by atoms with Crippen molar-refractivity contribution in [1.82, 2.24) is 4.90 Å². The number of thioether (sulfide) groups is 1. The van der Waals surface area contributed by atoms with Crippen LogP contribution in [0.5, 0.6) is 0 Å². The van der Waals surface area contributed by atoms with E-state index in [2.05, 4.69) is 5.32 Å². The summed E-state index contributed by atoms with van der Waals surface area (Å²) < 4.78 is 0. The summed E-state index contributed by atoms with van der Waals surface area (Å²) in [5, 5.41) is 3.24. The Morgan fingerprint density at radius 3 is 2.52 bits per heavy atom. The number of hydrogen-bond donors (Lipinski definition) is 1. The predicted octanol–water partition coefficient (Wildman–Crippen LogP) is 4.98. The third-order valence-electron chi connectivity index (χ3n) is 3.80.